The Morgan fingerprint density at radius 3 is 2.70 bits per heavy atom. The maximum absolute atomic E-state index is 13.5. The van der Waals surface area contributed by atoms with Crippen molar-refractivity contribution < 1.29 is 23.2 Å². The fourth-order valence-corrected chi connectivity index (χ4v) is 2.07. The van der Waals surface area contributed by atoms with E-state index in [1.54, 1.807) is 17.5 Å². The molecule has 0 fully saturated rings. The van der Waals surface area contributed by atoms with E-state index < -0.39 is 40.4 Å². The molecule has 104 valence electrons. The van der Waals surface area contributed by atoms with Crippen molar-refractivity contribution >= 4 is 22.8 Å². The van der Waals surface area contributed by atoms with E-state index in [0.717, 1.165) is 0 Å². The lowest BCUT2D eigenvalue weighted by molar-refractivity contribution is -0.387. The molecule has 0 radical (unpaired) electrons. The van der Waals surface area contributed by atoms with Gasteiger partial charge in [0.05, 0.1) is 15.9 Å². The Labute approximate surface area is 115 Å². The van der Waals surface area contributed by atoms with Crippen LogP contribution in [0.1, 0.15) is 9.67 Å². The highest BCUT2D eigenvalue weighted by molar-refractivity contribution is 7.12. The lowest BCUT2D eigenvalue weighted by Crippen LogP contribution is -2.11. The lowest BCUT2D eigenvalue weighted by atomic mass is 10.2. The molecule has 20 heavy (non-hydrogen) atoms. The molecule has 0 atom stereocenters. The Morgan fingerprint density at radius 1 is 1.35 bits per heavy atom. The molecular weight excluding hydrogens is 292 g/mol. The molecule has 0 bridgehead atoms. The maximum atomic E-state index is 13.5. The summed E-state index contributed by atoms with van der Waals surface area (Å²) in [6.45, 7) is -0.477. The summed E-state index contributed by atoms with van der Waals surface area (Å²) in [6, 6.07) is 4.21. The molecule has 0 aliphatic heterocycles. The van der Waals surface area contributed by atoms with Crippen LogP contribution in [0.5, 0.6) is 5.75 Å². The fourth-order valence-electron chi connectivity index (χ4n) is 1.42. The number of carbonyl (C=O) groups excluding carboxylic acids is 1. The summed E-state index contributed by atoms with van der Waals surface area (Å²) in [4.78, 5) is 21.4. The number of thiophene rings is 1. The van der Waals surface area contributed by atoms with Crippen molar-refractivity contribution in [3.8, 4) is 5.75 Å². The second-order valence-electron chi connectivity index (χ2n) is 3.68. The molecule has 0 N–H and O–H groups in total. The van der Waals surface area contributed by atoms with E-state index in [0.29, 0.717) is 17.0 Å². The number of Topliss-reactive ketones (excluding diaryl/α,β-unsaturated/α-hetero) is 1. The summed E-state index contributed by atoms with van der Waals surface area (Å²) in [5, 5.41) is 12.1. The second kappa shape index (κ2) is 5.74. The third-order valence-corrected chi connectivity index (χ3v) is 3.26. The number of nitro groups is 1. The highest BCUT2D eigenvalue weighted by Crippen LogP contribution is 2.26. The van der Waals surface area contributed by atoms with Crippen LogP contribution >= 0.6 is 11.3 Å². The molecule has 1 heterocycles. The van der Waals surface area contributed by atoms with Crippen LogP contribution in [-0.2, 0) is 0 Å². The number of carbonyl (C=O) groups is 1. The summed E-state index contributed by atoms with van der Waals surface area (Å²) >= 11 is 1.19. The third-order valence-electron chi connectivity index (χ3n) is 2.35. The number of ketones is 1. The van der Waals surface area contributed by atoms with Crippen molar-refractivity contribution in [2.75, 3.05) is 6.61 Å². The summed E-state index contributed by atoms with van der Waals surface area (Å²) < 4.78 is 31.6. The molecule has 0 amide bonds. The molecule has 0 aliphatic rings. The van der Waals surface area contributed by atoms with Gasteiger partial charge in [-0.2, -0.15) is 4.39 Å². The number of halogens is 2. The zero-order chi connectivity index (χ0) is 14.7. The Morgan fingerprint density at radius 2 is 2.10 bits per heavy atom. The summed E-state index contributed by atoms with van der Waals surface area (Å²) in [5.74, 6) is -3.26. The molecule has 2 rings (SSSR count). The van der Waals surface area contributed by atoms with Crippen molar-refractivity contribution in [1.82, 2.24) is 0 Å². The van der Waals surface area contributed by atoms with Gasteiger partial charge in [-0.15, -0.1) is 11.3 Å². The minimum Gasteiger partial charge on any atom is -0.482 e. The van der Waals surface area contributed by atoms with Crippen LogP contribution in [0.3, 0.4) is 0 Å². The van der Waals surface area contributed by atoms with Crippen LogP contribution in [0.15, 0.2) is 29.6 Å². The van der Waals surface area contributed by atoms with E-state index in [-0.39, 0.29) is 0 Å². The average Bonchev–Trinajstić information content (AvgIpc) is 2.92. The van der Waals surface area contributed by atoms with E-state index in [4.69, 9.17) is 4.74 Å². The van der Waals surface area contributed by atoms with Gasteiger partial charge < -0.3 is 4.74 Å². The van der Waals surface area contributed by atoms with Gasteiger partial charge >= 0.3 is 5.69 Å². The maximum Gasteiger partial charge on any atom is 0.307 e. The Bertz CT molecular complexity index is 658. The molecular formula is C12H7F2NO4S. The molecule has 2 aromatic rings. The van der Waals surface area contributed by atoms with E-state index in [1.807, 2.05) is 0 Å². The molecule has 1 aromatic heterocycles. The van der Waals surface area contributed by atoms with Crippen LogP contribution < -0.4 is 4.74 Å². The van der Waals surface area contributed by atoms with Gasteiger partial charge in [-0.1, -0.05) is 6.07 Å². The first-order valence-electron chi connectivity index (χ1n) is 5.32. The van der Waals surface area contributed by atoms with Gasteiger partial charge in [0.1, 0.15) is 0 Å². The monoisotopic (exact) mass is 299 g/mol. The number of rotatable bonds is 5. The summed E-state index contributed by atoms with van der Waals surface area (Å²) in [5.41, 5.74) is -0.987. The van der Waals surface area contributed by atoms with Crippen molar-refractivity contribution in [2.24, 2.45) is 0 Å². The molecule has 5 nitrogen and oxygen atoms in total. The zero-order valence-corrected chi connectivity index (χ0v) is 10.7. The number of hydrogen-bond acceptors (Lipinski definition) is 5. The first kappa shape index (κ1) is 14.1. The molecule has 0 saturated carbocycles. The minimum atomic E-state index is -1.23. The Hall–Kier alpha value is -2.35. The standard InChI is InChI=1S/C12H7F2NO4S/c13-7-5-11(8(14)4-9(7)15(17)18)19-6-10(16)12-2-1-3-20-12/h1-5H,6H2. The van der Waals surface area contributed by atoms with Gasteiger partial charge in [0.15, 0.2) is 18.2 Å². The number of hydrogen-bond donors (Lipinski definition) is 0. The molecule has 8 heteroatoms. The van der Waals surface area contributed by atoms with Gasteiger partial charge in [0.2, 0.25) is 11.6 Å². The highest BCUT2D eigenvalue weighted by Gasteiger charge is 2.20. The fraction of sp³-hybridized carbons (Fsp3) is 0.0833. The van der Waals surface area contributed by atoms with Crippen molar-refractivity contribution in [1.29, 1.82) is 0 Å². The minimum absolute atomic E-state index is 0.391. The highest BCUT2D eigenvalue weighted by atomic mass is 32.1. The molecule has 0 spiro atoms. The summed E-state index contributed by atoms with van der Waals surface area (Å²) in [6.07, 6.45) is 0. The summed E-state index contributed by atoms with van der Waals surface area (Å²) in [7, 11) is 0. The van der Waals surface area contributed by atoms with Crippen molar-refractivity contribution in [2.45, 2.75) is 0 Å². The molecule has 0 saturated heterocycles. The largest absolute Gasteiger partial charge is 0.482 e. The smallest absolute Gasteiger partial charge is 0.307 e. The van der Waals surface area contributed by atoms with Crippen LogP contribution in [0.2, 0.25) is 0 Å². The van der Waals surface area contributed by atoms with E-state index in [1.165, 1.54) is 11.3 Å². The third kappa shape index (κ3) is 2.97. The van der Waals surface area contributed by atoms with Crippen LogP contribution in [-0.4, -0.2) is 17.3 Å². The van der Waals surface area contributed by atoms with E-state index in [9.17, 15) is 23.7 Å². The number of nitro benzene ring substituents is 1. The van der Waals surface area contributed by atoms with Crippen molar-refractivity contribution in [3.63, 3.8) is 0 Å². The lowest BCUT2D eigenvalue weighted by Gasteiger charge is -2.06. The predicted molar refractivity (Wildman–Crippen MR) is 67.2 cm³/mol. The Balaban J connectivity index is 2.12. The average molecular weight is 299 g/mol. The first-order chi connectivity index (χ1) is 9.49. The SMILES string of the molecule is O=C(COc1cc(F)c([N+](=O)[O-])cc1F)c1cccs1. The normalized spacial score (nSPS) is 10.3. The molecule has 1 aromatic carbocycles. The molecule has 0 aliphatic carbocycles. The zero-order valence-electron chi connectivity index (χ0n) is 9.84. The van der Waals surface area contributed by atoms with Crippen LogP contribution in [0.25, 0.3) is 0 Å². The number of benzene rings is 1. The van der Waals surface area contributed by atoms with Gasteiger partial charge in [0, 0.05) is 6.07 Å². The predicted octanol–water partition coefficient (Wildman–Crippen LogP) is 3.20. The van der Waals surface area contributed by atoms with Gasteiger partial charge in [0.25, 0.3) is 0 Å². The van der Waals surface area contributed by atoms with Gasteiger partial charge in [-0.3, -0.25) is 14.9 Å². The quantitative estimate of drug-likeness (QED) is 0.483. The second-order valence-corrected chi connectivity index (χ2v) is 4.63. The van der Waals surface area contributed by atoms with E-state index >= 15 is 0 Å². The first-order valence-corrected chi connectivity index (χ1v) is 6.20. The topological polar surface area (TPSA) is 69.4 Å². The number of nitrogens with zero attached hydrogens (tertiary/aromatic N) is 1. The van der Waals surface area contributed by atoms with Crippen LogP contribution in [0.4, 0.5) is 14.5 Å². The van der Waals surface area contributed by atoms with E-state index in [2.05, 4.69) is 0 Å². The molecule has 0 unspecified atom stereocenters. The van der Waals surface area contributed by atoms with Gasteiger partial charge in [-0.05, 0) is 11.4 Å². The van der Waals surface area contributed by atoms with Crippen LogP contribution in [0, 0.1) is 21.7 Å². The number of ether oxygens (including phenoxy) is 1. The van der Waals surface area contributed by atoms with Gasteiger partial charge in [-0.25, -0.2) is 4.39 Å². The Kier molecular flexibility index (Phi) is 4.04. The van der Waals surface area contributed by atoms with Crippen molar-refractivity contribution in [3.05, 3.63) is 56.3 Å².